The largest absolute Gasteiger partial charge is 0.248 e. The summed E-state index contributed by atoms with van der Waals surface area (Å²) in [6.07, 6.45) is 0. The van der Waals surface area contributed by atoms with E-state index in [-0.39, 0.29) is 10.8 Å². The molecule has 0 saturated heterocycles. The van der Waals surface area contributed by atoms with Gasteiger partial charge >= 0.3 is 0 Å². The van der Waals surface area contributed by atoms with E-state index in [2.05, 4.69) is 222 Å². The first-order valence-corrected chi connectivity index (χ1v) is 23.4. The van der Waals surface area contributed by atoms with Crippen LogP contribution in [-0.4, -0.2) is 4.98 Å². The molecule has 318 valence electrons. The van der Waals surface area contributed by atoms with Gasteiger partial charge in [0.2, 0.25) is 0 Å². The Balaban J connectivity index is 0.931. The lowest BCUT2D eigenvalue weighted by atomic mass is 9.78. The molecule has 1 aromatic heterocycles. The van der Waals surface area contributed by atoms with Gasteiger partial charge in [-0.15, -0.1) is 0 Å². The second-order valence-electron chi connectivity index (χ2n) is 20.2. The van der Waals surface area contributed by atoms with Crippen molar-refractivity contribution in [2.24, 2.45) is 0 Å². The Bertz CT molecular complexity index is 3440. The summed E-state index contributed by atoms with van der Waals surface area (Å²) in [4.78, 5) is 5.26. The standard InChI is InChI=1S/C64H57N/c1-36-30-37(2)60(38(3)31-36)45-23-27-50-52-29-25-47(35-57(52)64(10,11)55(50)33-45)62-41(6)39(4)61(40(5)42(62)7)46-24-28-51-49-26-22-44(32-54(49)63(8,9)56(51)34-46)58-20-15-21-59(65-58)53-19-14-17-43-16-12-13-18-48(43)53/h12-35H,1-11H3. The molecule has 11 rings (SSSR count). The molecule has 0 saturated carbocycles. The first-order valence-electron chi connectivity index (χ1n) is 23.4. The molecule has 0 fully saturated rings. The van der Waals surface area contributed by atoms with Gasteiger partial charge in [0.25, 0.3) is 0 Å². The number of pyridine rings is 1. The normalized spacial score (nSPS) is 14.0. The summed E-state index contributed by atoms with van der Waals surface area (Å²) < 4.78 is 0. The van der Waals surface area contributed by atoms with Crippen molar-refractivity contribution in [1.82, 2.24) is 4.98 Å². The Morgan fingerprint density at radius 3 is 1.25 bits per heavy atom. The second kappa shape index (κ2) is 14.6. The molecule has 0 aliphatic heterocycles. The maximum Gasteiger partial charge on any atom is 0.0715 e. The summed E-state index contributed by atoms with van der Waals surface area (Å²) in [7, 11) is 0. The van der Waals surface area contributed by atoms with Crippen LogP contribution in [0.15, 0.2) is 146 Å². The summed E-state index contributed by atoms with van der Waals surface area (Å²) in [5.74, 6) is 0. The first kappa shape index (κ1) is 40.9. The number of nitrogens with zero attached hydrogens (tertiary/aromatic N) is 1. The molecule has 0 bridgehead atoms. The minimum Gasteiger partial charge on any atom is -0.248 e. The van der Waals surface area contributed by atoms with Crippen LogP contribution in [0.1, 0.15) is 88.9 Å². The summed E-state index contributed by atoms with van der Waals surface area (Å²) in [5.41, 5.74) is 32.4. The van der Waals surface area contributed by atoms with E-state index in [9.17, 15) is 0 Å². The molecule has 0 unspecified atom stereocenters. The van der Waals surface area contributed by atoms with Crippen LogP contribution in [0, 0.1) is 48.5 Å². The van der Waals surface area contributed by atoms with Gasteiger partial charge in [-0.3, -0.25) is 0 Å². The highest BCUT2D eigenvalue weighted by Crippen LogP contribution is 2.54. The number of aromatic nitrogens is 1. The van der Waals surface area contributed by atoms with Gasteiger partial charge in [0.1, 0.15) is 0 Å². The Morgan fingerprint density at radius 1 is 0.338 bits per heavy atom. The third-order valence-corrected chi connectivity index (χ3v) is 15.6. The van der Waals surface area contributed by atoms with Crippen LogP contribution in [0.5, 0.6) is 0 Å². The topological polar surface area (TPSA) is 12.9 Å². The molecule has 8 aromatic carbocycles. The Labute approximate surface area is 385 Å². The van der Waals surface area contributed by atoms with Crippen LogP contribution in [0.25, 0.3) is 88.9 Å². The molecule has 2 aliphatic carbocycles. The van der Waals surface area contributed by atoms with Crippen molar-refractivity contribution in [3.05, 3.63) is 207 Å². The van der Waals surface area contributed by atoms with E-state index in [0.29, 0.717) is 0 Å². The van der Waals surface area contributed by atoms with E-state index in [0.717, 1.165) is 22.5 Å². The zero-order valence-electron chi connectivity index (χ0n) is 39.8. The van der Waals surface area contributed by atoms with E-state index in [4.69, 9.17) is 4.98 Å². The molecule has 0 amide bonds. The monoisotopic (exact) mass is 839 g/mol. The summed E-state index contributed by atoms with van der Waals surface area (Å²) >= 11 is 0. The fourth-order valence-electron chi connectivity index (χ4n) is 12.1. The zero-order valence-corrected chi connectivity index (χ0v) is 39.8. The molecule has 0 spiro atoms. The number of benzene rings is 8. The predicted octanol–water partition coefficient (Wildman–Crippen LogP) is 17.3. The van der Waals surface area contributed by atoms with Gasteiger partial charge in [0.15, 0.2) is 0 Å². The lowest BCUT2D eigenvalue weighted by molar-refractivity contribution is 0.660. The molecule has 0 atom stereocenters. The van der Waals surface area contributed by atoms with E-state index in [1.807, 2.05) is 0 Å². The zero-order chi connectivity index (χ0) is 45.3. The van der Waals surface area contributed by atoms with Crippen LogP contribution in [0.2, 0.25) is 0 Å². The van der Waals surface area contributed by atoms with Gasteiger partial charge in [0.05, 0.1) is 11.4 Å². The Hall–Kier alpha value is -6.83. The van der Waals surface area contributed by atoms with Gasteiger partial charge in [-0.25, -0.2) is 4.98 Å². The highest BCUT2D eigenvalue weighted by molar-refractivity contribution is 5.96. The summed E-state index contributed by atoms with van der Waals surface area (Å²) in [6, 6.07) is 54.8. The quantitative estimate of drug-likeness (QED) is 0.168. The molecule has 1 heterocycles. The van der Waals surface area contributed by atoms with Crippen LogP contribution in [0.3, 0.4) is 0 Å². The molecule has 1 nitrogen and oxygen atoms in total. The fraction of sp³-hybridized carbons (Fsp3) is 0.203. The lowest BCUT2D eigenvalue weighted by Crippen LogP contribution is -2.15. The smallest absolute Gasteiger partial charge is 0.0715 e. The highest BCUT2D eigenvalue weighted by Gasteiger charge is 2.38. The van der Waals surface area contributed by atoms with Gasteiger partial charge in [-0.05, 0) is 207 Å². The maximum absolute atomic E-state index is 5.26. The molecular formula is C64H57N. The summed E-state index contributed by atoms with van der Waals surface area (Å²) in [6.45, 7) is 25.7. The van der Waals surface area contributed by atoms with Crippen molar-refractivity contribution in [3.8, 4) is 78.1 Å². The minimum absolute atomic E-state index is 0.122. The Morgan fingerprint density at radius 2 is 0.738 bits per heavy atom. The Kier molecular flexibility index (Phi) is 9.19. The van der Waals surface area contributed by atoms with E-state index in [1.54, 1.807) is 0 Å². The third kappa shape index (κ3) is 6.15. The number of aryl methyl sites for hydroxylation is 3. The van der Waals surface area contributed by atoms with Crippen LogP contribution < -0.4 is 0 Å². The minimum atomic E-state index is -0.177. The lowest BCUT2D eigenvalue weighted by Gasteiger charge is -2.25. The number of rotatable bonds is 5. The predicted molar refractivity (Wildman–Crippen MR) is 277 cm³/mol. The van der Waals surface area contributed by atoms with E-state index in [1.165, 1.54) is 128 Å². The second-order valence-corrected chi connectivity index (χ2v) is 20.2. The molecule has 65 heavy (non-hydrogen) atoms. The number of fused-ring (bicyclic) bond motifs is 7. The molecule has 0 radical (unpaired) electrons. The summed E-state index contributed by atoms with van der Waals surface area (Å²) in [5, 5.41) is 2.46. The van der Waals surface area contributed by atoms with Gasteiger partial charge < -0.3 is 0 Å². The SMILES string of the molecule is Cc1cc(C)c(-c2ccc3c(c2)C(C)(C)c2cc(-c4c(C)c(C)c(-c5ccc6c(c5)C(C)(C)c5cc(-c7cccc(-c8cccc9ccccc89)n7)ccc5-6)c(C)c4C)ccc2-3)c(C)c1. The van der Waals surface area contributed by atoms with Crippen LogP contribution in [-0.2, 0) is 10.8 Å². The molecular weight excluding hydrogens is 783 g/mol. The number of hydrogen-bond acceptors (Lipinski definition) is 1. The van der Waals surface area contributed by atoms with Gasteiger partial charge in [-0.1, -0.05) is 142 Å². The van der Waals surface area contributed by atoms with Gasteiger partial charge in [0, 0.05) is 22.0 Å². The first-order chi connectivity index (χ1) is 31.1. The van der Waals surface area contributed by atoms with Crippen molar-refractivity contribution < 1.29 is 0 Å². The van der Waals surface area contributed by atoms with Crippen molar-refractivity contribution in [2.75, 3.05) is 0 Å². The molecule has 2 aliphatic rings. The van der Waals surface area contributed by atoms with Gasteiger partial charge in [-0.2, -0.15) is 0 Å². The van der Waals surface area contributed by atoms with Crippen LogP contribution in [0.4, 0.5) is 0 Å². The number of hydrogen-bond donors (Lipinski definition) is 0. The highest BCUT2D eigenvalue weighted by atomic mass is 14.7. The fourth-order valence-corrected chi connectivity index (χ4v) is 12.1. The molecule has 9 aromatic rings. The van der Waals surface area contributed by atoms with Crippen molar-refractivity contribution >= 4 is 10.8 Å². The van der Waals surface area contributed by atoms with E-state index >= 15 is 0 Å². The average Bonchev–Trinajstić information content (AvgIpc) is 3.66. The van der Waals surface area contributed by atoms with E-state index < -0.39 is 0 Å². The molecule has 0 N–H and O–H groups in total. The molecule has 1 heteroatoms. The van der Waals surface area contributed by atoms with Crippen molar-refractivity contribution in [2.45, 2.75) is 87.0 Å². The van der Waals surface area contributed by atoms with Crippen LogP contribution >= 0.6 is 0 Å². The van der Waals surface area contributed by atoms with Crippen molar-refractivity contribution in [1.29, 1.82) is 0 Å². The van der Waals surface area contributed by atoms with Crippen molar-refractivity contribution in [3.63, 3.8) is 0 Å². The maximum atomic E-state index is 5.26. The third-order valence-electron chi connectivity index (χ3n) is 15.6. The average molecular weight is 840 g/mol.